The van der Waals surface area contributed by atoms with Gasteiger partial charge < -0.3 is 10.2 Å². The van der Waals surface area contributed by atoms with Gasteiger partial charge in [0.05, 0.1) is 6.04 Å². The minimum absolute atomic E-state index is 0.0423. The summed E-state index contributed by atoms with van der Waals surface area (Å²) >= 11 is 2.08. The van der Waals surface area contributed by atoms with Crippen LogP contribution in [0.15, 0.2) is 0 Å². The van der Waals surface area contributed by atoms with Crippen molar-refractivity contribution >= 4 is 17.7 Å². The van der Waals surface area contributed by atoms with Crippen LogP contribution in [0, 0.1) is 5.92 Å². The van der Waals surface area contributed by atoms with Gasteiger partial charge in [-0.05, 0) is 44.4 Å². The van der Waals surface area contributed by atoms with E-state index in [-0.39, 0.29) is 6.04 Å². The molecule has 2 rings (SSSR count). The fraction of sp³-hybridized carbons (Fsp3) is 0.933. The van der Waals surface area contributed by atoms with Crippen molar-refractivity contribution in [3.05, 3.63) is 0 Å². The number of nitrogens with zero attached hydrogens (tertiary/aromatic N) is 1. The highest BCUT2D eigenvalue weighted by atomic mass is 32.2. The molecule has 0 aromatic carbocycles. The third-order valence-electron chi connectivity index (χ3n) is 4.39. The number of likely N-dealkylation sites (N-methyl/N-ethyl adjacent to an activating group) is 1. The first kappa shape index (κ1) is 15.2. The Hall–Kier alpha value is -0.220. The molecule has 3 atom stereocenters. The van der Waals surface area contributed by atoms with Gasteiger partial charge in [0.2, 0.25) is 5.91 Å². The first-order chi connectivity index (χ1) is 9.20. The third kappa shape index (κ3) is 4.38. The summed E-state index contributed by atoms with van der Waals surface area (Å²) in [6.07, 6.45) is 7.49. The molecule has 1 amide bonds. The van der Waals surface area contributed by atoms with Crippen LogP contribution in [0.5, 0.6) is 0 Å². The number of thioether (sulfide) groups is 1. The van der Waals surface area contributed by atoms with Crippen LogP contribution in [0.4, 0.5) is 0 Å². The molecule has 0 saturated carbocycles. The lowest BCUT2D eigenvalue weighted by Gasteiger charge is -2.29. The minimum atomic E-state index is 0.0423. The van der Waals surface area contributed by atoms with Crippen LogP contribution in [-0.2, 0) is 4.79 Å². The minimum Gasteiger partial charge on any atom is -0.340 e. The van der Waals surface area contributed by atoms with E-state index in [9.17, 15) is 4.79 Å². The maximum Gasteiger partial charge on any atom is 0.239 e. The number of carbonyl (C=O) groups excluding carboxylic acids is 1. The first-order valence-electron chi connectivity index (χ1n) is 7.78. The number of likely N-dealkylation sites (tertiary alicyclic amines) is 1. The van der Waals surface area contributed by atoms with E-state index in [1.807, 2.05) is 7.05 Å². The number of nitrogens with one attached hydrogen (secondary N) is 1. The van der Waals surface area contributed by atoms with E-state index in [0.29, 0.717) is 17.1 Å². The summed E-state index contributed by atoms with van der Waals surface area (Å²) < 4.78 is 0. The standard InChI is InChI=1S/C15H28N2OS/c1-12-7-8-14(16-2)15(18)17(10-12)11-13-6-4-3-5-9-19-13/h12-14,16H,3-11H2,1-2H3. The van der Waals surface area contributed by atoms with Gasteiger partial charge in [-0.15, -0.1) is 0 Å². The lowest BCUT2D eigenvalue weighted by molar-refractivity contribution is -0.133. The summed E-state index contributed by atoms with van der Waals surface area (Å²) in [6, 6.07) is 0.0423. The van der Waals surface area contributed by atoms with Gasteiger partial charge in [-0.25, -0.2) is 0 Å². The lowest BCUT2D eigenvalue weighted by Crippen LogP contribution is -2.46. The van der Waals surface area contributed by atoms with Crippen molar-refractivity contribution in [1.82, 2.24) is 10.2 Å². The molecule has 0 aromatic heterocycles. The van der Waals surface area contributed by atoms with Crippen molar-refractivity contribution in [3.8, 4) is 0 Å². The largest absolute Gasteiger partial charge is 0.340 e. The van der Waals surface area contributed by atoms with Gasteiger partial charge in [-0.3, -0.25) is 4.79 Å². The molecule has 2 saturated heterocycles. The second kappa shape index (κ2) is 7.53. The SMILES string of the molecule is CNC1CCC(C)CN(CC2CCCCCS2)C1=O. The molecule has 2 aliphatic heterocycles. The molecule has 1 N–H and O–H groups in total. The molecule has 19 heavy (non-hydrogen) atoms. The maximum absolute atomic E-state index is 12.5. The molecule has 0 bridgehead atoms. The van der Waals surface area contributed by atoms with Crippen LogP contribution in [0.25, 0.3) is 0 Å². The Morgan fingerprint density at radius 2 is 2.11 bits per heavy atom. The Balaban J connectivity index is 1.96. The summed E-state index contributed by atoms with van der Waals surface area (Å²) in [5, 5.41) is 3.86. The Labute approximate surface area is 121 Å². The summed E-state index contributed by atoms with van der Waals surface area (Å²) in [6.45, 7) is 4.19. The lowest BCUT2D eigenvalue weighted by atomic mass is 10.0. The summed E-state index contributed by atoms with van der Waals surface area (Å²) in [4.78, 5) is 14.7. The van der Waals surface area contributed by atoms with Gasteiger partial charge in [0, 0.05) is 18.3 Å². The average molecular weight is 284 g/mol. The molecule has 3 unspecified atom stereocenters. The molecule has 0 aliphatic carbocycles. The zero-order valence-electron chi connectivity index (χ0n) is 12.4. The number of hydrogen-bond donors (Lipinski definition) is 1. The predicted molar refractivity (Wildman–Crippen MR) is 82.5 cm³/mol. The Bertz CT molecular complexity index is 290. The molecule has 3 nitrogen and oxygen atoms in total. The normalized spacial score (nSPS) is 33.9. The third-order valence-corrected chi connectivity index (χ3v) is 5.77. The molecule has 0 spiro atoms. The first-order valence-corrected chi connectivity index (χ1v) is 8.83. The van der Waals surface area contributed by atoms with Crippen LogP contribution in [0.1, 0.15) is 45.4 Å². The second-order valence-electron chi connectivity index (χ2n) is 6.11. The summed E-state index contributed by atoms with van der Waals surface area (Å²) in [5.74, 6) is 2.24. The van der Waals surface area contributed by atoms with Crippen molar-refractivity contribution < 1.29 is 4.79 Å². The predicted octanol–water partition coefficient (Wildman–Crippen LogP) is 2.51. The van der Waals surface area contributed by atoms with Crippen molar-refractivity contribution in [2.24, 2.45) is 5.92 Å². The van der Waals surface area contributed by atoms with Crippen molar-refractivity contribution in [1.29, 1.82) is 0 Å². The monoisotopic (exact) mass is 284 g/mol. The van der Waals surface area contributed by atoms with Gasteiger partial charge >= 0.3 is 0 Å². The molecule has 2 fully saturated rings. The van der Waals surface area contributed by atoms with Crippen LogP contribution < -0.4 is 5.32 Å². The molecule has 2 aliphatic rings. The van der Waals surface area contributed by atoms with Gasteiger partial charge in [-0.2, -0.15) is 11.8 Å². The van der Waals surface area contributed by atoms with Gasteiger partial charge in [0.1, 0.15) is 0 Å². The Morgan fingerprint density at radius 1 is 1.26 bits per heavy atom. The zero-order valence-corrected chi connectivity index (χ0v) is 13.2. The number of hydrogen-bond acceptors (Lipinski definition) is 3. The fourth-order valence-corrected chi connectivity index (χ4v) is 4.48. The summed E-state index contributed by atoms with van der Waals surface area (Å²) in [7, 11) is 1.91. The topological polar surface area (TPSA) is 32.3 Å². The maximum atomic E-state index is 12.5. The quantitative estimate of drug-likeness (QED) is 0.864. The van der Waals surface area contributed by atoms with Crippen LogP contribution in [0.3, 0.4) is 0 Å². The van der Waals surface area contributed by atoms with Gasteiger partial charge in [0.25, 0.3) is 0 Å². The van der Waals surface area contributed by atoms with Crippen LogP contribution in [-0.4, -0.2) is 48.0 Å². The van der Waals surface area contributed by atoms with E-state index in [0.717, 1.165) is 25.9 Å². The highest BCUT2D eigenvalue weighted by Crippen LogP contribution is 2.26. The van der Waals surface area contributed by atoms with E-state index in [1.54, 1.807) is 0 Å². The van der Waals surface area contributed by atoms with Crippen molar-refractivity contribution in [2.75, 3.05) is 25.9 Å². The highest BCUT2D eigenvalue weighted by molar-refractivity contribution is 7.99. The van der Waals surface area contributed by atoms with E-state index < -0.39 is 0 Å². The Kier molecular flexibility index (Phi) is 6.02. The zero-order chi connectivity index (χ0) is 13.7. The average Bonchev–Trinajstić information content (AvgIpc) is 2.72. The van der Waals surface area contributed by atoms with E-state index in [4.69, 9.17) is 0 Å². The van der Waals surface area contributed by atoms with Crippen molar-refractivity contribution in [3.63, 3.8) is 0 Å². The summed E-state index contributed by atoms with van der Waals surface area (Å²) in [5.41, 5.74) is 0. The molecule has 4 heteroatoms. The fourth-order valence-electron chi connectivity index (χ4n) is 3.16. The van der Waals surface area contributed by atoms with E-state index in [1.165, 1.54) is 31.4 Å². The number of amides is 1. The van der Waals surface area contributed by atoms with Crippen molar-refractivity contribution in [2.45, 2.75) is 56.7 Å². The van der Waals surface area contributed by atoms with E-state index >= 15 is 0 Å². The number of rotatable bonds is 3. The molecular formula is C15H28N2OS. The number of carbonyl (C=O) groups is 1. The van der Waals surface area contributed by atoms with Gasteiger partial charge in [0.15, 0.2) is 0 Å². The van der Waals surface area contributed by atoms with Crippen LogP contribution >= 0.6 is 11.8 Å². The smallest absolute Gasteiger partial charge is 0.239 e. The second-order valence-corrected chi connectivity index (χ2v) is 7.52. The highest BCUT2D eigenvalue weighted by Gasteiger charge is 2.30. The molecule has 110 valence electrons. The molecule has 0 aromatic rings. The van der Waals surface area contributed by atoms with E-state index in [2.05, 4.69) is 28.9 Å². The molecule has 0 radical (unpaired) electrons. The Morgan fingerprint density at radius 3 is 2.89 bits per heavy atom. The van der Waals surface area contributed by atoms with Gasteiger partial charge in [-0.1, -0.05) is 19.8 Å². The van der Waals surface area contributed by atoms with Crippen LogP contribution in [0.2, 0.25) is 0 Å². The molecular weight excluding hydrogens is 256 g/mol. The molecule has 2 heterocycles.